The van der Waals surface area contributed by atoms with Crippen molar-refractivity contribution in [2.24, 2.45) is 5.92 Å². The van der Waals surface area contributed by atoms with Gasteiger partial charge in [-0.25, -0.2) is 4.79 Å². The average Bonchev–Trinajstić information content (AvgIpc) is 2.34. The van der Waals surface area contributed by atoms with Gasteiger partial charge in [0.05, 0.1) is 0 Å². The maximum atomic E-state index is 9.60. The number of carboxylic acid groups (broad SMARTS) is 1. The Balaban J connectivity index is 0. The van der Waals surface area contributed by atoms with Crippen LogP contribution in [-0.4, -0.2) is 34.5 Å². The molecular formula is C14H28O4. The number of aliphatic carboxylic acids is 1. The minimum Gasteiger partial charge on any atom is -0.478 e. The summed E-state index contributed by atoms with van der Waals surface area (Å²) in [4.78, 5) is 9.60. The first-order chi connectivity index (χ1) is 8.49. The maximum Gasteiger partial charge on any atom is 0.330 e. The summed E-state index contributed by atoms with van der Waals surface area (Å²) in [6, 6.07) is 0. The molecule has 0 amide bonds. The van der Waals surface area contributed by atoms with Crippen LogP contribution < -0.4 is 0 Å². The van der Waals surface area contributed by atoms with E-state index in [9.17, 15) is 4.79 Å². The van der Waals surface area contributed by atoms with Crippen LogP contribution >= 0.6 is 0 Å². The van der Waals surface area contributed by atoms with Crippen LogP contribution in [0.1, 0.15) is 52.4 Å². The summed E-state index contributed by atoms with van der Waals surface area (Å²) in [5, 5.41) is 25.4. The lowest BCUT2D eigenvalue weighted by Crippen LogP contribution is -2.10. The second-order valence-corrected chi connectivity index (χ2v) is 4.52. The highest BCUT2D eigenvalue weighted by Gasteiger charge is 2.04. The molecule has 0 aliphatic rings. The third-order valence-corrected chi connectivity index (χ3v) is 2.60. The van der Waals surface area contributed by atoms with Crippen molar-refractivity contribution in [2.75, 3.05) is 13.2 Å². The normalized spacial score (nSPS) is 9.83. The van der Waals surface area contributed by atoms with Gasteiger partial charge in [-0.05, 0) is 13.3 Å². The van der Waals surface area contributed by atoms with Gasteiger partial charge in [-0.3, -0.25) is 0 Å². The van der Waals surface area contributed by atoms with Gasteiger partial charge < -0.3 is 15.3 Å². The summed E-state index contributed by atoms with van der Waals surface area (Å²) in [6.07, 6.45) is 7.22. The molecule has 0 rings (SSSR count). The van der Waals surface area contributed by atoms with Gasteiger partial charge in [0.25, 0.3) is 0 Å². The largest absolute Gasteiger partial charge is 0.478 e. The summed E-state index contributed by atoms with van der Waals surface area (Å²) < 4.78 is 0. The monoisotopic (exact) mass is 260 g/mol. The number of carbonyl (C=O) groups is 1. The molecular weight excluding hydrogens is 232 g/mol. The number of hydrogen-bond acceptors (Lipinski definition) is 3. The van der Waals surface area contributed by atoms with Crippen LogP contribution in [0.3, 0.4) is 0 Å². The van der Waals surface area contributed by atoms with Gasteiger partial charge in [0.2, 0.25) is 0 Å². The fraction of sp³-hybridized carbons (Fsp3) is 0.786. The van der Waals surface area contributed by atoms with E-state index >= 15 is 0 Å². The van der Waals surface area contributed by atoms with Crippen LogP contribution in [0.2, 0.25) is 0 Å². The van der Waals surface area contributed by atoms with Gasteiger partial charge in [-0.1, -0.05) is 45.6 Å². The van der Waals surface area contributed by atoms with E-state index < -0.39 is 5.97 Å². The number of rotatable bonds is 9. The lowest BCUT2D eigenvalue weighted by atomic mass is 10.0. The molecule has 0 bridgehead atoms. The molecule has 4 heteroatoms. The van der Waals surface area contributed by atoms with E-state index in [1.54, 1.807) is 0 Å². The molecule has 4 nitrogen and oxygen atoms in total. The number of unbranched alkanes of at least 4 members (excludes halogenated alkanes) is 4. The van der Waals surface area contributed by atoms with Crippen molar-refractivity contribution in [2.45, 2.75) is 52.4 Å². The molecule has 0 aromatic heterocycles. The standard InChI is InChI=1S/C10H22O2.C4H6O2/c1-2-3-4-5-6-7-10(8-11)9-12;1-3(2)4(5)6/h10-12H,2-9H2,1H3;1H2,2H3,(H,5,6). The summed E-state index contributed by atoms with van der Waals surface area (Å²) in [5.74, 6) is -0.818. The first kappa shape index (κ1) is 19.5. The van der Waals surface area contributed by atoms with E-state index in [1.165, 1.54) is 32.6 Å². The molecule has 0 fully saturated rings. The highest BCUT2D eigenvalue weighted by Crippen LogP contribution is 2.10. The minimum absolute atomic E-state index is 0.117. The molecule has 0 atom stereocenters. The zero-order valence-corrected chi connectivity index (χ0v) is 11.7. The van der Waals surface area contributed by atoms with Gasteiger partial charge in [-0.15, -0.1) is 0 Å². The van der Waals surface area contributed by atoms with E-state index in [4.69, 9.17) is 15.3 Å². The van der Waals surface area contributed by atoms with Crippen molar-refractivity contribution < 1.29 is 20.1 Å². The van der Waals surface area contributed by atoms with Crippen LogP contribution in [0.5, 0.6) is 0 Å². The van der Waals surface area contributed by atoms with Crippen LogP contribution in [0, 0.1) is 5.92 Å². The van der Waals surface area contributed by atoms with Crippen molar-refractivity contribution in [3.05, 3.63) is 12.2 Å². The van der Waals surface area contributed by atoms with Crippen molar-refractivity contribution in [3.8, 4) is 0 Å². The molecule has 0 unspecified atom stereocenters. The summed E-state index contributed by atoms with van der Waals surface area (Å²) >= 11 is 0. The maximum absolute atomic E-state index is 9.60. The molecule has 0 heterocycles. The van der Waals surface area contributed by atoms with Gasteiger partial charge >= 0.3 is 5.97 Å². The molecule has 0 saturated carbocycles. The molecule has 0 radical (unpaired) electrons. The zero-order chi connectivity index (χ0) is 14.4. The highest BCUT2D eigenvalue weighted by molar-refractivity contribution is 5.84. The van der Waals surface area contributed by atoms with E-state index in [2.05, 4.69) is 13.5 Å². The van der Waals surface area contributed by atoms with E-state index in [1.807, 2.05) is 0 Å². The van der Waals surface area contributed by atoms with Crippen LogP contribution in [0.15, 0.2) is 12.2 Å². The first-order valence-electron chi connectivity index (χ1n) is 6.60. The van der Waals surface area contributed by atoms with Crippen LogP contribution in [0.4, 0.5) is 0 Å². The minimum atomic E-state index is -0.935. The predicted molar refractivity (Wildman–Crippen MR) is 73.5 cm³/mol. The summed E-state index contributed by atoms with van der Waals surface area (Å²) in [7, 11) is 0. The molecule has 108 valence electrons. The van der Waals surface area contributed by atoms with Gasteiger partial charge in [0.1, 0.15) is 0 Å². The average molecular weight is 260 g/mol. The Hall–Kier alpha value is -0.870. The number of aliphatic hydroxyl groups is 2. The number of carboxylic acids is 1. The first-order valence-corrected chi connectivity index (χ1v) is 6.60. The second-order valence-electron chi connectivity index (χ2n) is 4.52. The zero-order valence-electron chi connectivity index (χ0n) is 11.7. The molecule has 0 saturated heterocycles. The van der Waals surface area contributed by atoms with Gasteiger partial charge in [0.15, 0.2) is 0 Å². The Labute approximate surface area is 110 Å². The molecule has 0 aromatic carbocycles. The molecule has 0 spiro atoms. The Morgan fingerprint density at radius 1 is 1.11 bits per heavy atom. The van der Waals surface area contributed by atoms with Crippen molar-refractivity contribution in [1.82, 2.24) is 0 Å². The third kappa shape index (κ3) is 15.1. The van der Waals surface area contributed by atoms with Crippen LogP contribution in [0.25, 0.3) is 0 Å². The Kier molecular flexibility index (Phi) is 15.4. The molecule has 0 aliphatic carbocycles. The number of hydrogen-bond donors (Lipinski definition) is 3. The van der Waals surface area contributed by atoms with Gasteiger partial charge in [0, 0.05) is 24.7 Å². The highest BCUT2D eigenvalue weighted by atomic mass is 16.4. The summed E-state index contributed by atoms with van der Waals surface area (Å²) in [5.41, 5.74) is 0.176. The second kappa shape index (κ2) is 14.2. The molecule has 18 heavy (non-hydrogen) atoms. The molecule has 0 aromatic rings. The Bertz CT molecular complexity index is 198. The van der Waals surface area contributed by atoms with E-state index in [0.29, 0.717) is 0 Å². The molecule has 0 aliphatic heterocycles. The quantitative estimate of drug-likeness (QED) is 0.440. The number of aliphatic hydroxyl groups excluding tert-OH is 2. The SMILES string of the molecule is C=C(C)C(=O)O.CCCCCCCC(CO)CO. The lowest BCUT2D eigenvalue weighted by Gasteiger charge is -2.09. The van der Waals surface area contributed by atoms with Gasteiger partial charge in [-0.2, -0.15) is 0 Å². The van der Waals surface area contributed by atoms with E-state index in [-0.39, 0.29) is 24.7 Å². The predicted octanol–water partition coefficient (Wildman–Crippen LogP) is 2.59. The third-order valence-electron chi connectivity index (χ3n) is 2.60. The fourth-order valence-electron chi connectivity index (χ4n) is 1.28. The Morgan fingerprint density at radius 2 is 1.56 bits per heavy atom. The van der Waals surface area contributed by atoms with Crippen LogP contribution in [-0.2, 0) is 4.79 Å². The Morgan fingerprint density at radius 3 is 1.89 bits per heavy atom. The summed E-state index contributed by atoms with van der Waals surface area (Å²) in [6.45, 7) is 7.06. The van der Waals surface area contributed by atoms with Crippen molar-refractivity contribution in [3.63, 3.8) is 0 Å². The van der Waals surface area contributed by atoms with Crippen molar-refractivity contribution >= 4 is 5.97 Å². The van der Waals surface area contributed by atoms with Crippen molar-refractivity contribution in [1.29, 1.82) is 0 Å². The molecule has 3 N–H and O–H groups in total. The lowest BCUT2D eigenvalue weighted by molar-refractivity contribution is -0.132. The van der Waals surface area contributed by atoms with E-state index in [0.717, 1.165) is 12.8 Å². The smallest absolute Gasteiger partial charge is 0.330 e. The topological polar surface area (TPSA) is 77.8 Å². The fourth-order valence-corrected chi connectivity index (χ4v) is 1.28.